The van der Waals surface area contributed by atoms with Gasteiger partial charge in [0.15, 0.2) is 0 Å². The molecule has 1 aromatic carbocycles. The second-order valence-electron chi connectivity index (χ2n) is 9.14. The fourth-order valence-corrected chi connectivity index (χ4v) is 4.83. The molecule has 1 saturated heterocycles. The highest BCUT2D eigenvalue weighted by Crippen LogP contribution is 2.28. The number of piperidine rings is 1. The Morgan fingerprint density at radius 1 is 1.13 bits per heavy atom. The molecule has 1 N–H and O–H groups in total. The van der Waals surface area contributed by atoms with E-state index in [0.717, 1.165) is 56.1 Å². The van der Waals surface area contributed by atoms with Crippen molar-refractivity contribution in [2.45, 2.75) is 77.8 Å². The van der Waals surface area contributed by atoms with Gasteiger partial charge in [0.1, 0.15) is 11.6 Å². The summed E-state index contributed by atoms with van der Waals surface area (Å²) in [5.41, 5.74) is 3.71. The van der Waals surface area contributed by atoms with E-state index in [9.17, 15) is 4.79 Å². The molecule has 1 fully saturated rings. The quantitative estimate of drug-likeness (QED) is 0.818. The van der Waals surface area contributed by atoms with E-state index in [1.54, 1.807) is 0 Å². The molecule has 4 rings (SSSR count). The van der Waals surface area contributed by atoms with Gasteiger partial charge in [0.05, 0.1) is 12.6 Å². The number of carbonyl (C=O) groups is 1. The van der Waals surface area contributed by atoms with Crippen LogP contribution in [-0.4, -0.2) is 45.2 Å². The highest BCUT2D eigenvalue weighted by molar-refractivity contribution is 5.78. The number of hydrogen-bond donors (Lipinski definition) is 1. The maximum Gasteiger partial charge on any atom is 0.234 e. The Balaban J connectivity index is 1.35. The number of nitrogens with one attached hydrogen (secondary N) is 1. The monoisotopic (exact) mass is 409 g/mol. The first kappa shape index (κ1) is 21.0. The van der Waals surface area contributed by atoms with Crippen LogP contribution in [0.25, 0.3) is 0 Å². The molecule has 6 heteroatoms. The van der Waals surface area contributed by atoms with Crippen LogP contribution in [0.3, 0.4) is 0 Å². The molecule has 30 heavy (non-hydrogen) atoms. The summed E-state index contributed by atoms with van der Waals surface area (Å²) in [7, 11) is 0. The summed E-state index contributed by atoms with van der Waals surface area (Å²) in [5, 5.41) is 12.2. The third-order valence-electron chi connectivity index (χ3n) is 6.78. The lowest BCUT2D eigenvalue weighted by atomic mass is 9.97. The van der Waals surface area contributed by atoms with Gasteiger partial charge >= 0.3 is 0 Å². The van der Waals surface area contributed by atoms with Crippen LogP contribution in [0, 0.1) is 13.8 Å². The summed E-state index contributed by atoms with van der Waals surface area (Å²) in [6.07, 6.45) is 6.99. The lowest BCUT2D eigenvalue weighted by Gasteiger charge is -2.32. The summed E-state index contributed by atoms with van der Waals surface area (Å²) in [6.45, 7) is 9.66. The maximum atomic E-state index is 12.7. The normalized spacial score (nSPS) is 21.0. The number of rotatable bonds is 5. The topological polar surface area (TPSA) is 63.1 Å². The fourth-order valence-electron chi connectivity index (χ4n) is 4.83. The van der Waals surface area contributed by atoms with Crippen LogP contribution in [0.4, 0.5) is 0 Å². The minimum atomic E-state index is 0.0182. The number of aromatic nitrogens is 3. The van der Waals surface area contributed by atoms with Gasteiger partial charge in [-0.2, -0.15) is 0 Å². The first-order valence-electron chi connectivity index (χ1n) is 11.5. The predicted molar refractivity (Wildman–Crippen MR) is 118 cm³/mol. The molecule has 2 aromatic rings. The number of amides is 1. The zero-order valence-electron chi connectivity index (χ0n) is 18.7. The number of likely N-dealkylation sites (tertiary alicyclic amines) is 1. The van der Waals surface area contributed by atoms with Gasteiger partial charge in [-0.1, -0.05) is 24.6 Å². The molecular formula is C24H35N5O. The van der Waals surface area contributed by atoms with Crippen LogP contribution in [0.5, 0.6) is 0 Å². The van der Waals surface area contributed by atoms with Crippen molar-refractivity contribution in [3.8, 4) is 0 Å². The smallest absolute Gasteiger partial charge is 0.234 e. The van der Waals surface area contributed by atoms with Gasteiger partial charge in [-0.25, -0.2) is 0 Å². The van der Waals surface area contributed by atoms with Crippen molar-refractivity contribution < 1.29 is 4.79 Å². The number of carbonyl (C=O) groups excluding carboxylic acids is 1. The molecular weight excluding hydrogens is 374 g/mol. The lowest BCUT2D eigenvalue weighted by Crippen LogP contribution is -2.43. The minimum absolute atomic E-state index is 0.0182. The average molecular weight is 410 g/mol. The third kappa shape index (κ3) is 4.75. The SMILES string of the molecule is Cc1ccc(C(C)NC(=O)CN2CCCC(c3nnc4n3CCCCC4)C2)cc1C. The van der Waals surface area contributed by atoms with Gasteiger partial charge in [0.2, 0.25) is 5.91 Å². The summed E-state index contributed by atoms with van der Waals surface area (Å²) >= 11 is 0. The minimum Gasteiger partial charge on any atom is -0.348 e. The molecule has 1 aromatic heterocycles. The molecule has 162 valence electrons. The van der Waals surface area contributed by atoms with Crippen LogP contribution in [0.1, 0.15) is 79.3 Å². The van der Waals surface area contributed by atoms with E-state index >= 15 is 0 Å². The summed E-state index contributed by atoms with van der Waals surface area (Å²) < 4.78 is 2.36. The molecule has 6 nitrogen and oxygen atoms in total. The Bertz CT molecular complexity index is 890. The van der Waals surface area contributed by atoms with E-state index in [-0.39, 0.29) is 11.9 Å². The van der Waals surface area contributed by atoms with Crippen LogP contribution in [-0.2, 0) is 17.8 Å². The molecule has 2 aliphatic rings. The first-order chi connectivity index (χ1) is 14.5. The largest absolute Gasteiger partial charge is 0.348 e. The summed E-state index contributed by atoms with van der Waals surface area (Å²) in [4.78, 5) is 15.0. The number of hydrogen-bond acceptors (Lipinski definition) is 4. The van der Waals surface area contributed by atoms with Crippen molar-refractivity contribution in [2.75, 3.05) is 19.6 Å². The van der Waals surface area contributed by atoms with Crippen molar-refractivity contribution in [2.24, 2.45) is 0 Å². The highest BCUT2D eigenvalue weighted by Gasteiger charge is 2.28. The Kier molecular flexibility index (Phi) is 6.52. The van der Waals surface area contributed by atoms with Gasteiger partial charge in [-0.05, 0) is 69.7 Å². The van der Waals surface area contributed by atoms with Crippen molar-refractivity contribution in [1.29, 1.82) is 0 Å². The standard InChI is InChI=1S/C24H35N5O/c1-17-10-11-20(14-18(17)2)19(3)25-23(30)16-28-12-7-8-21(15-28)24-27-26-22-9-5-4-6-13-29(22)24/h10-11,14,19,21H,4-9,12-13,15-16H2,1-3H3,(H,25,30). The number of aryl methyl sites for hydroxylation is 3. The molecule has 2 atom stereocenters. The van der Waals surface area contributed by atoms with Crippen molar-refractivity contribution in [3.05, 3.63) is 46.5 Å². The van der Waals surface area contributed by atoms with Gasteiger partial charge in [0.25, 0.3) is 0 Å². The zero-order valence-corrected chi connectivity index (χ0v) is 18.7. The molecule has 0 radical (unpaired) electrons. The molecule has 0 aliphatic carbocycles. The Labute approximate surface area is 180 Å². The Morgan fingerprint density at radius 3 is 2.83 bits per heavy atom. The van der Waals surface area contributed by atoms with E-state index < -0.39 is 0 Å². The lowest BCUT2D eigenvalue weighted by molar-refractivity contribution is -0.123. The van der Waals surface area contributed by atoms with E-state index in [4.69, 9.17) is 0 Å². The zero-order chi connectivity index (χ0) is 21.1. The van der Waals surface area contributed by atoms with E-state index in [0.29, 0.717) is 12.5 Å². The molecule has 3 heterocycles. The van der Waals surface area contributed by atoms with Crippen LogP contribution >= 0.6 is 0 Å². The first-order valence-corrected chi connectivity index (χ1v) is 11.5. The predicted octanol–water partition coefficient (Wildman–Crippen LogP) is 3.68. The Morgan fingerprint density at radius 2 is 2.00 bits per heavy atom. The summed E-state index contributed by atoms with van der Waals surface area (Å²) in [6, 6.07) is 6.43. The third-order valence-corrected chi connectivity index (χ3v) is 6.78. The second kappa shape index (κ2) is 9.29. The van der Waals surface area contributed by atoms with Crippen molar-refractivity contribution in [3.63, 3.8) is 0 Å². The van der Waals surface area contributed by atoms with Crippen LogP contribution in [0.15, 0.2) is 18.2 Å². The van der Waals surface area contributed by atoms with Crippen molar-refractivity contribution >= 4 is 5.91 Å². The van der Waals surface area contributed by atoms with Crippen LogP contribution in [0.2, 0.25) is 0 Å². The van der Waals surface area contributed by atoms with Crippen LogP contribution < -0.4 is 5.32 Å². The molecule has 0 saturated carbocycles. The van der Waals surface area contributed by atoms with E-state index in [1.165, 1.54) is 30.4 Å². The second-order valence-corrected chi connectivity index (χ2v) is 9.14. The average Bonchev–Trinajstić information content (AvgIpc) is 2.98. The summed E-state index contributed by atoms with van der Waals surface area (Å²) in [5.74, 6) is 2.77. The van der Waals surface area contributed by atoms with Gasteiger partial charge in [-0.15, -0.1) is 10.2 Å². The fraction of sp³-hybridized carbons (Fsp3) is 0.625. The molecule has 1 amide bonds. The van der Waals surface area contributed by atoms with Gasteiger partial charge in [0, 0.05) is 25.4 Å². The van der Waals surface area contributed by atoms with Crippen molar-refractivity contribution in [1.82, 2.24) is 25.0 Å². The van der Waals surface area contributed by atoms with Gasteiger partial charge < -0.3 is 9.88 Å². The van der Waals surface area contributed by atoms with E-state index in [1.807, 2.05) is 0 Å². The molecule has 2 aliphatic heterocycles. The molecule has 0 spiro atoms. The highest BCUT2D eigenvalue weighted by atomic mass is 16.2. The molecule has 2 unspecified atom stereocenters. The molecule has 0 bridgehead atoms. The van der Waals surface area contributed by atoms with Gasteiger partial charge in [-0.3, -0.25) is 9.69 Å². The Hall–Kier alpha value is -2.21. The number of nitrogens with zero attached hydrogens (tertiary/aromatic N) is 4. The maximum absolute atomic E-state index is 12.7. The van der Waals surface area contributed by atoms with E-state index in [2.05, 4.69) is 64.0 Å². The number of fused-ring (bicyclic) bond motifs is 1. The number of benzene rings is 1.